The number of aryl methyl sites for hydroxylation is 1. The highest BCUT2D eigenvalue weighted by Gasteiger charge is 2.43. The van der Waals surface area contributed by atoms with Crippen LogP contribution in [-0.4, -0.2) is 21.2 Å². The second-order valence-corrected chi connectivity index (χ2v) is 11.8. The fraction of sp³-hybridized carbons (Fsp3) is 0.303. The maximum absolute atomic E-state index is 14.6. The Hall–Kier alpha value is -3.64. The molecule has 39 heavy (non-hydrogen) atoms. The van der Waals surface area contributed by atoms with Crippen molar-refractivity contribution in [2.75, 3.05) is 5.75 Å². The van der Waals surface area contributed by atoms with Gasteiger partial charge in [0.1, 0.15) is 0 Å². The molecule has 0 aliphatic heterocycles. The fourth-order valence-corrected chi connectivity index (χ4v) is 7.02. The first-order valence-electron chi connectivity index (χ1n) is 13.8. The van der Waals surface area contributed by atoms with Gasteiger partial charge in [0, 0.05) is 17.5 Å². The van der Waals surface area contributed by atoms with E-state index in [1.807, 2.05) is 67.6 Å². The van der Waals surface area contributed by atoms with Crippen LogP contribution in [0.4, 0.5) is 0 Å². The number of aromatic nitrogens is 2. The highest BCUT2D eigenvalue weighted by Crippen LogP contribution is 2.49. The molecule has 1 fully saturated rings. The van der Waals surface area contributed by atoms with Crippen LogP contribution >= 0.6 is 11.8 Å². The first kappa shape index (κ1) is 25.6. The summed E-state index contributed by atoms with van der Waals surface area (Å²) in [6.07, 6.45) is 6.37. The zero-order valence-corrected chi connectivity index (χ0v) is 23.1. The number of nitrogens with one attached hydrogen (secondary N) is 1. The number of rotatable bonds is 6. The first-order chi connectivity index (χ1) is 19.0. The molecule has 1 spiro atoms. The quantitative estimate of drug-likeness (QED) is 0.230. The molecule has 1 N–H and O–H groups in total. The van der Waals surface area contributed by atoms with Crippen LogP contribution in [0.5, 0.6) is 0 Å². The van der Waals surface area contributed by atoms with E-state index >= 15 is 0 Å². The number of fused-ring (bicyclic) bond motifs is 4. The second kappa shape index (κ2) is 10.9. The highest BCUT2D eigenvalue weighted by molar-refractivity contribution is 7.99. The van der Waals surface area contributed by atoms with Gasteiger partial charge in [-0.1, -0.05) is 103 Å². The lowest BCUT2D eigenvalue weighted by Crippen LogP contribution is -2.43. The van der Waals surface area contributed by atoms with Crippen LogP contribution in [0, 0.1) is 6.92 Å². The third kappa shape index (κ3) is 5.06. The van der Waals surface area contributed by atoms with E-state index in [2.05, 4.69) is 23.5 Å². The molecule has 2 aliphatic carbocycles. The molecular formula is C33H33N3O2S. The molecule has 2 aliphatic rings. The third-order valence-electron chi connectivity index (χ3n) is 8.15. The SMILES string of the molecule is Cc1ccc(-n2c(SCC(=O)NCc3ccccc3)nc3c(c2=O)C2(CCCCC2)Cc2ccccc2-3)cc1. The van der Waals surface area contributed by atoms with Crippen LogP contribution < -0.4 is 10.9 Å². The van der Waals surface area contributed by atoms with Crippen LogP contribution in [0.1, 0.15) is 54.4 Å². The summed E-state index contributed by atoms with van der Waals surface area (Å²) in [5.41, 5.74) is 6.77. The third-order valence-corrected chi connectivity index (χ3v) is 9.09. The number of nitrogens with zero attached hydrogens (tertiary/aromatic N) is 2. The molecule has 0 atom stereocenters. The van der Waals surface area contributed by atoms with Crippen molar-refractivity contribution in [2.45, 2.75) is 62.6 Å². The van der Waals surface area contributed by atoms with Crippen LogP contribution in [0.25, 0.3) is 16.9 Å². The molecular weight excluding hydrogens is 502 g/mol. The molecule has 0 bridgehead atoms. The molecule has 1 saturated carbocycles. The minimum Gasteiger partial charge on any atom is -0.351 e. The number of thioether (sulfide) groups is 1. The van der Waals surface area contributed by atoms with Crippen molar-refractivity contribution >= 4 is 17.7 Å². The maximum Gasteiger partial charge on any atom is 0.263 e. The van der Waals surface area contributed by atoms with Gasteiger partial charge in [0.05, 0.1) is 22.7 Å². The highest BCUT2D eigenvalue weighted by atomic mass is 32.2. The van der Waals surface area contributed by atoms with Crippen molar-refractivity contribution in [3.8, 4) is 16.9 Å². The minimum atomic E-state index is -0.186. The molecule has 1 aromatic heterocycles. The van der Waals surface area contributed by atoms with E-state index in [4.69, 9.17) is 4.98 Å². The Kier molecular flexibility index (Phi) is 7.13. The predicted molar refractivity (Wildman–Crippen MR) is 157 cm³/mol. The Morgan fingerprint density at radius 2 is 1.67 bits per heavy atom. The summed E-state index contributed by atoms with van der Waals surface area (Å²) in [5.74, 6) is 0.0897. The lowest BCUT2D eigenvalue weighted by Gasteiger charge is -2.42. The number of hydrogen-bond donors (Lipinski definition) is 1. The van der Waals surface area contributed by atoms with E-state index in [1.165, 1.54) is 23.7 Å². The number of benzene rings is 3. The van der Waals surface area contributed by atoms with E-state index in [0.29, 0.717) is 11.7 Å². The van der Waals surface area contributed by atoms with Crippen LogP contribution in [0.2, 0.25) is 0 Å². The zero-order valence-electron chi connectivity index (χ0n) is 22.3. The summed E-state index contributed by atoms with van der Waals surface area (Å²) in [6.45, 7) is 2.51. The van der Waals surface area contributed by atoms with Gasteiger partial charge in [0.2, 0.25) is 5.91 Å². The Balaban J connectivity index is 1.43. The van der Waals surface area contributed by atoms with Gasteiger partial charge < -0.3 is 5.32 Å². The minimum absolute atomic E-state index is 0.00690. The van der Waals surface area contributed by atoms with Crippen LogP contribution in [0.3, 0.4) is 0 Å². The molecule has 1 heterocycles. The summed E-state index contributed by atoms with van der Waals surface area (Å²) in [4.78, 5) is 32.6. The van der Waals surface area contributed by atoms with Gasteiger partial charge in [0.25, 0.3) is 5.56 Å². The molecule has 4 aromatic rings. The van der Waals surface area contributed by atoms with Crippen molar-refractivity contribution in [2.24, 2.45) is 0 Å². The van der Waals surface area contributed by atoms with Crippen LogP contribution in [0.15, 0.2) is 88.8 Å². The monoisotopic (exact) mass is 535 g/mol. The Morgan fingerprint density at radius 3 is 2.44 bits per heavy atom. The summed E-state index contributed by atoms with van der Waals surface area (Å²) < 4.78 is 1.75. The van der Waals surface area contributed by atoms with E-state index in [9.17, 15) is 9.59 Å². The normalized spacial score (nSPS) is 15.4. The molecule has 0 unspecified atom stereocenters. The molecule has 5 nitrogen and oxygen atoms in total. The smallest absolute Gasteiger partial charge is 0.263 e. The van der Waals surface area contributed by atoms with E-state index < -0.39 is 0 Å². The number of carbonyl (C=O) groups is 1. The van der Waals surface area contributed by atoms with Gasteiger partial charge in [-0.25, -0.2) is 4.98 Å². The lowest BCUT2D eigenvalue weighted by atomic mass is 9.62. The number of carbonyl (C=O) groups excluding carboxylic acids is 1. The van der Waals surface area contributed by atoms with Crippen LogP contribution in [-0.2, 0) is 23.2 Å². The average Bonchev–Trinajstić information content (AvgIpc) is 2.96. The molecule has 0 radical (unpaired) electrons. The number of amides is 1. The largest absolute Gasteiger partial charge is 0.351 e. The summed E-state index contributed by atoms with van der Waals surface area (Å²) in [6, 6.07) is 26.3. The number of hydrogen-bond acceptors (Lipinski definition) is 4. The Labute approximate surface area is 233 Å². The first-order valence-corrected chi connectivity index (χ1v) is 14.8. The summed E-state index contributed by atoms with van der Waals surface area (Å²) in [7, 11) is 0. The van der Waals surface area contributed by atoms with Crippen molar-refractivity contribution in [1.82, 2.24) is 14.9 Å². The summed E-state index contributed by atoms with van der Waals surface area (Å²) in [5, 5.41) is 3.56. The van der Waals surface area contributed by atoms with Gasteiger partial charge in [0.15, 0.2) is 5.16 Å². The molecule has 6 rings (SSSR count). The van der Waals surface area contributed by atoms with E-state index in [1.54, 1.807) is 4.57 Å². The molecule has 1 amide bonds. The van der Waals surface area contributed by atoms with Crippen molar-refractivity contribution in [3.05, 3.63) is 111 Å². The molecule has 3 aromatic carbocycles. The van der Waals surface area contributed by atoms with E-state index in [0.717, 1.165) is 65.7 Å². The van der Waals surface area contributed by atoms with Crippen molar-refractivity contribution in [3.63, 3.8) is 0 Å². The maximum atomic E-state index is 14.6. The fourth-order valence-electron chi connectivity index (χ4n) is 6.18. The second-order valence-electron chi connectivity index (χ2n) is 10.8. The average molecular weight is 536 g/mol. The standard InChI is InChI=1S/C33H33N3O2S/c1-23-14-16-26(17-15-23)36-31(38)29-30(27-13-7-6-12-25(27)20-33(29)18-8-3-9-19-33)35-32(36)39-22-28(37)34-21-24-10-4-2-5-11-24/h2,4-7,10-17H,3,8-9,18-22H2,1H3,(H,34,37). The zero-order chi connectivity index (χ0) is 26.8. The van der Waals surface area contributed by atoms with Gasteiger partial charge in [-0.3, -0.25) is 14.2 Å². The van der Waals surface area contributed by atoms with Crippen molar-refractivity contribution < 1.29 is 4.79 Å². The Morgan fingerprint density at radius 1 is 0.949 bits per heavy atom. The summed E-state index contributed by atoms with van der Waals surface area (Å²) >= 11 is 1.33. The van der Waals surface area contributed by atoms with Gasteiger partial charge in [-0.15, -0.1) is 0 Å². The predicted octanol–water partition coefficient (Wildman–Crippen LogP) is 6.37. The molecule has 0 saturated heterocycles. The van der Waals surface area contributed by atoms with Crippen molar-refractivity contribution in [1.29, 1.82) is 0 Å². The lowest BCUT2D eigenvalue weighted by molar-refractivity contribution is -0.118. The van der Waals surface area contributed by atoms with E-state index in [-0.39, 0.29) is 22.6 Å². The van der Waals surface area contributed by atoms with Gasteiger partial charge in [-0.2, -0.15) is 0 Å². The topological polar surface area (TPSA) is 64.0 Å². The molecule has 198 valence electrons. The Bertz CT molecular complexity index is 1550. The van der Waals surface area contributed by atoms with Gasteiger partial charge >= 0.3 is 0 Å². The van der Waals surface area contributed by atoms with Gasteiger partial charge in [-0.05, 0) is 49.4 Å². The molecule has 6 heteroatoms.